The largest absolute Gasteiger partial charge is 0.504 e. The molecule has 1 heterocycles. The number of rotatable bonds is 8. The molecule has 0 radical (unpaired) electrons. The lowest BCUT2D eigenvalue weighted by Crippen LogP contribution is -2.64. The normalized spacial score (nSPS) is 42.2. The van der Waals surface area contributed by atoms with Crippen LogP contribution in [0.2, 0.25) is 0 Å². The lowest BCUT2D eigenvalue weighted by Gasteiger charge is -2.62. The fraction of sp³-hybridized carbons (Fsp3) is 0.800. The summed E-state index contributed by atoms with van der Waals surface area (Å²) in [6.07, 6.45) is -8.28. The van der Waals surface area contributed by atoms with Gasteiger partial charge in [0.25, 0.3) is 0 Å². The van der Waals surface area contributed by atoms with Crippen LogP contribution in [0.25, 0.3) is 0 Å². The molecule has 4 aliphatic rings. The van der Waals surface area contributed by atoms with Crippen molar-refractivity contribution in [1.29, 1.82) is 0 Å². The molecule has 0 spiro atoms. The molecule has 5 rings (SSSR count). The first kappa shape index (κ1) is 36.4. The van der Waals surface area contributed by atoms with Crippen LogP contribution in [0.1, 0.15) is 90.3 Å². The number of aliphatic hydroxyl groups is 8. The van der Waals surface area contributed by atoms with E-state index >= 15 is 0 Å². The zero-order valence-corrected chi connectivity index (χ0v) is 28.5. The summed E-state index contributed by atoms with van der Waals surface area (Å²) in [5, 5.41) is 96.9. The minimum Gasteiger partial charge on any atom is -0.504 e. The van der Waals surface area contributed by atoms with Gasteiger partial charge in [0.1, 0.15) is 30.2 Å². The van der Waals surface area contributed by atoms with Gasteiger partial charge in [0.2, 0.25) is 6.29 Å². The van der Waals surface area contributed by atoms with Gasteiger partial charge in [-0.2, -0.15) is 0 Å². The number of Topliss-reactive ketones (excluding diaryl/α,β-unsaturated/α-hetero) is 1. The zero-order valence-electron chi connectivity index (χ0n) is 28.5. The zero-order chi connectivity index (χ0) is 35.2. The van der Waals surface area contributed by atoms with E-state index in [2.05, 4.69) is 6.92 Å². The Hall–Kier alpha value is -1.87. The predicted octanol–water partition coefficient (Wildman–Crippen LogP) is 0.729. The summed E-state index contributed by atoms with van der Waals surface area (Å²) < 4.78 is 11.4. The van der Waals surface area contributed by atoms with Crippen LogP contribution in [-0.2, 0) is 21.4 Å². The van der Waals surface area contributed by atoms with Crippen LogP contribution in [0, 0.1) is 29.6 Å². The summed E-state index contributed by atoms with van der Waals surface area (Å²) in [6.45, 7) is 11.7. The van der Waals surface area contributed by atoms with Gasteiger partial charge in [-0.25, -0.2) is 0 Å². The molecule has 13 atom stereocenters. The minimum absolute atomic E-state index is 0.00878. The molecule has 12 heteroatoms. The van der Waals surface area contributed by atoms with Crippen molar-refractivity contribution in [2.24, 2.45) is 22.7 Å². The van der Waals surface area contributed by atoms with Gasteiger partial charge < -0.3 is 55.4 Å². The maximum Gasteiger partial charge on any atom is 0.229 e. The van der Waals surface area contributed by atoms with Crippen molar-refractivity contribution in [2.75, 3.05) is 6.61 Å². The third kappa shape index (κ3) is 5.43. The minimum atomic E-state index is -1.76. The summed E-state index contributed by atoms with van der Waals surface area (Å²) >= 11 is 0. The molecule has 2 saturated carbocycles. The molecule has 1 saturated heterocycles. The predicted molar refractivity (Wildman–Crippen MR) is 169 cm³/mol. The fourth-order valence-corrected chi connectivity index (χ4v) is 10.0. The molecule has 1 aliphatic heterocycles. The van der Waals surface area contributed by atoms with E-state index in [1.54, 1.807) is 26.8 Å². The summed E-state index contributed by atoms with van der Waals surface area (Å²) in [5.41, 5.74) is -3.57. The Morgan fingerprint density at radius 3 is 2.28 bits per heavy atom. The Labute approximate surface area is 276 Å². The number of ketones is 1. The van der Waals surface area contributed by atoms with Gasteiger partial charge in [-0.3, -0.25) is 4.79 Å². The quantitative estimate of drug-likeness (QED) is 0.188. The lowest BCUT2D eigenvalue weighted by atomic mass is 9.41. The van der Waals surface area contributed by atoms with Crippen LogP contribution in [0.4, 0.5) is 0 Å². The van der Waals surface area contributed by atoms with E-state index in [9.17, 15) is 50.8 Å². The van der Waals surface area contributed by atoms with Crippen molar-refractivity contribution in [3.63, 3.8) is 0 Å². The van der Waals surface area contributed by atoms with E-state index in [0.29, 0.717) is 24.0 Å². The monoisotopic (exact) mass is 666 g/mol. The smallest absolute Gasteiger partial charge is 0.229 e. The number of carbonyl (C=O) groups excluding carboxylic acids is 1. The van der Waals surface area contributed by atoms with Crippen molar-refractivity contribution in [1.82, 2.24) is 0 Å². The van der Waals surface area contributed by atoms with Crippen LogP contribution in [0.5, 0.6) is 11.5 Å². The second-order valence-electron chi connectivity index (χ2n) is 16.3. The Morgan fingerprint density at radius 1 is 1.04 bits per heavy atom. The van der Waals surface area contributed by atoms with Gasteiger partial charge in [0, 0.05) is 12.3 Å². The standard InChI is InChI=1S/C35H54O12/c1-16-17-8-9-22-32(4)13-19(37)29(35(7,45)23(38)10-11-31(2,3)44)33(32,5)14-24(39)34(22,6)18(17)12-20(25(16)40)46-30-28(43)27(42)26(41)21(15-36)47-30/h12,19,21-23,26-30,36-38,40-45H,8-11,13-15H2,1-7H3. The van der Waals surface area contributed by atoms with Gasteiger partial charge in [0.05, 0.1) is 35.4 Å². The van der Waals surface area contributed by atoms with E-state index in [1.807, 2.05) is 13.8 Å². The molecule has 9 N–H and O–H groups in total. The van der Waals surface area contributed by atoms with Gasteiger partial charge >= 0.3 is 0 Å². The molecule has 0 bridgehead atoms. The lowest BCUT2D eigenvalue weighted by molar-refractivity contribution is -0.277. The number of ether oxygens (including phenoxy) is 2. The second kappa shape index (κ2) is 11.9. The fourth-order valence-electron chi connectivity index (χ4n) is 10.0. The first-order valence-electron chi connectivity index (χ1n) is 16.7. The Balaban J connectivity index is 1.53. The number of phenolic OH excluding ortho intramolecular Hbond substituents is 1. The second-order valence-corrected chi connectivity index (χ2v) is 16.3. The Bertz CT molecular complexity index is 1370. The average molecular weight is 667 g/mol. The van der Waals surface area contributed by atoms with Crippen LogP contribution in [0.3, 0.4) is 0 Å². The number of aromatic hydroxyl groups is 1. The molecule has 12 nitrogen and oxygen atoms in total. The Morgan fingerprint density at radius 2 is 1.68 bits per heavy atom. The molecule has 0 amide bonds. The van der Waals surface area contributed by atoms with Crippen LogP contribution < -0.4 is 4.74 Å². The highest BCUT2D eigenvalue weighted by molar-refractivity contribution is 5.93. The van der Waals surface area contributed by atoms with Gasteiger partial charge in [-0.05, 0) is 106 Å². The highest BCUT2D eigenvalue weighted by atomic mass is 16.7. The third-order valence-corrected chi connectivity index (χ3v) is 12.9. The van der Waals surface area contributed by atoms with E-state index in [4.69, 9.17) is 9.47 Å². The van der Waals surface area contributed by atoms with E-state index < -0.39 is 82.9 Å². The van der Waals surface area contributed by atoms with Crippen molar-refractivity contribution >= 4 is 5.78 Å². The van der Waals surface area contributed by atoms with E-state index in [1.165, 1.54) is 6.92 Å². The molecule has 13 unspecified atom stereocenters. The van der Waals surface area contributed by atoms with Gasteiger partial charge in [0.15, 0.2) is 11.5 Å². The van der Waals surface area contributed by atoms with Crippen molar-refractivity contribution in [3.05, 3.63) is 22.8 Å². The summed E-state index contributed by atoms with van der Waals surface area (Å²) in [6, 6.07) is 1.56. The first-order valence-corrected chi connectivity index (χ1v) is 16.7. The highest BCUT2D eigenvalue weighted by Crippen LogP contribution is 2.72. The molecule has 266 valence electrons. The van der Waals surface area contributed by atoms with E-state index in [0.717, 1.165) is 5.56 Å². The topological polar surface area (TPSA) is 218 Å². The maximum absolute atomic E-state index is 14.6. The first-order chi connectivity index (χ1) is 21.6. The van der Waals surface area contributed by atoms with Gasteiger partial charge in [-0.1, -0.05) is 13.8 Å². The maximum atomic E-state index is 14.6. The average Bonchev–Trinajstić information content (AvgIpc) is 3.19. The van der Waals surface area contributed by atoms with Crippen LogP contribution in [-0.4, -0.2) is 112 Å². The van der Waals surface area contributed by atoms with E-state index in [-0.39, 0.29) is 48.9 Å². The van der Waals surface area contributed by atoms with Crippen molar-refractivity contribution < 1.29 is 60.2 Å². The number of hydrogen-bond donors (Lipinski definition) is 9. The van der Waals surface area contributed by atoms with Crippen molar-refractivity contribution in [2.45, 2.75) is 147 Å². The SMILES string of the molecule is Cc1c(O)c(OC2OC(CO)C(O)C(O)C2O)cc2c1CCC1C2(C)C(=O)CC2(C)C(C(C)(O)C(O)CCC(C)(C)O)C(O)CC12C. The third-order valence-electron chi connectivity index (χ3n) is 12.9. The molecular formula is C35H54O12. The number of benzene rings is 1. The number of hydrogen-bond acceptors (Lipinski definition) is 12. The van der Waals surface area contributed by atoms with Crippen molar-refractivity contribution in [3.8, 4) is 11.5 Å². The number of carbonyl (C=O) groups is 1. The van der Waals surface area contributed by atoms with Crippen LogP contribution >= 0.6 is 0 Å². The van der Waals surface area contributed by atoms with Crippen LogP contribution in [0.15, 0.2) is 6.07 Å². The highest BCUT2D eigenvalue weighted by Gasteiger charge is 2.73. The Kier molecular flexibility index (Phi) is 9.20. The molecule has 3 fully saturated rings. The summed E-state index contributed by atoms with van der Waals surface area (Å²) in [7, 11) is 0. The molecule has 3 aliphatic carbocycles. The molecular weight excluding hydrogens is 612 g/mol. The summed E-state index contributed by atoms with van der Waals surface area (Å²) in [4.78, 5) is 14.6. The number of phenols is 1. The molecule has 47 heavy (non-hydrogen) atoms. The molecule has 0 aromatic heterocycles. The van der Waals surface area contributed by atoms with Gasteiger partial charge in [-0.15, -0.1) is 0 Å². The molecule has 1 aromatic rings. The number of aliphatic hydroxyl groups excluding tert-OH is 6. The summed E-state index contributed by atoms with van der Waals surface area (Å²) in [5.74, 6) is -1.58. The molecule has 1 aromatic carbocycles. The number of fused-ring (bicyclic) bond motifs is 5.